The van der Waals surface area contributed by atoms with E-state index in [9.17, 15) is 14.7 Å². The largest absolute Gasteiger partial charge is 0.550 e. The molecule has 0 radical (unpaired) electrons. The molecule has 5 atom stereocenters. The van der Waals surface area contributed by atoms with E-state index < -0.39 is 29.5 Å². The maximum absolute atomic E-state index is 12.7. The van der Waals surface area contributed by atoms with Gasteiger partial charge in [-0.05, 0) is 33.6 Å². The van der Waals surface area contributed by atoms with Crippen molar-refractivity contribution in [3.63, 3.8) is 0 Å². The van der Waals surface area contributed by atoms with E-state index in [0.717, 1.165) is 12.8 Å². The second-order valence-corrected chi connectivity index (χ2v) is 6.89. The fraction of sp³-hybridized carbons (Fsp3) is 0.647. The molecule has 3 heterocycles. The summed E-state index contributed by atoms with van der Waals surface area (Å²) in [6, 6.07) is 0.0709. The van der Waals surface area contributed by atoms with Gasteiger partial charge in [0.15, 0.2) is 0 Å². The van der Waals surface area contributed by atoms with Gasteiger partial charge in [-0.1, -0.05) is 23.8 Å². The standard InChI is InChI=1S/C17H23NO4/c1-10(2)5-4-6-11(3)18-9-17-8-7-12(22-17)13(16(20)21)14(17)15(18)19/h5,7-8,11-14H,4,6,9H2,1-3H3,(H,20,21)/p-1/t11-,12+,13+,14+,17-/m0/s1. The topological polar surface area (TPSA) is 69.7 Å². The van der Waals surface area contributed by atoms with Crippen molar-refractivity contribution in [2.24, 2.45) is 11.8 Å². The molecule has 22 heavy (non-hydrogen) atoms. The number of hydrogen-bond acceptors (Lipinski definition) is 4. The first-order valence-corrected chi connectivity index (χ1v) is 7.87. The van der Waals surface area contributed by atoms with Gasteiger partial charge in [0, 0.05) is 17.9 Å². The smallest absolute Gasteiger partial charge is 0.230 e. The van der Waals surface area contributed by atoms with Crippen LogP contribution in [0.5, 0.6) is 0 Å². The molecular weight excluding hydrogens is 282 g/mol. The quantitative estimate of drug-likeness (QED) is 0.699. The summed E-state index contributed by atoms with van der Waals surface area (Å²) in [7, 11) is 0. The van der Waals surface area contributed by atoms with Crippen LogP contribution in [0.2, 0.25) is 0 Å². The monoisotopic (exact) mass is 304 g/mol. The first kappa shape index (κ1) is 15.3. The van der Waals surface area contributed by atoms with Gasteiger partial charge in [-0.25, -0.2) is 0 Å². The molecule has 3 aliphatic heterocycles. The second-order valence-electron chi connectivity index (χ2n) is 6.89. The lowest BCUT2D eigenvalue weighted by Crippen LogP contribution is -2.45. The summed E-state index contributed by atoms with van der Waals surface area (Å²) in [5.74, 6) is -2.77. The van der Waals surface area contributed by atoms with Crippen molar-refractivity contribution in [2.45, 2.75) is 51.4 Å². The molecule has 1 spiro atoms. The van der Waals surface area contributed by atoms with Gasteiger partial charge >= 0.3 is 0 Å². The normalized spacial score (nSPS) is 36.6. The van der Waals surface area contributed by atoms with Crippen molar-refractivity contribution in [1.29, 1.82) is 0 Å². The van der Waals surface area contributed by atoms with Crippen LogP contribution in [0.25, 0.3) is 0 Å². The number of nitrogens with zero attached hydrogens (tertiary/aromatic N) is 1. The molecule has 0 aromatic rings. The predicted molar refractivity (Wildman–Crippen MR) is 78.6 cm³/mol. The van der Waals surface area contributed by atoms with Crippen LogP contribution in [0.3, 0.4) is 0 Å². The van der Waals surface area contributed by atoms with Crippen LogP contribution >= 0.6 is 0 Å². The minimum Gasteiger partial charge on any atom is -0.550 e. The highest BCUT2D eigenvalue weighted by molar-refractivity contribution is 5.90. The zero-order valence-corrected chi connectivity index (χ0v) is 13.2. The van der Waals surface area contributed by atoms with E-state index in [1.807, 2.05) is 13.0 Å². The molecule has 2 fully saturated rings. The number of likely N-dealkylation sites (tertiary alicyclic amines) is 1. The Kier molecular flexibility index (Phi) is 3.63. The molecule has 2 saturated heterocycles. The van der Waals surface area contributed by atoms with Gasteiger partial charge in [0.1, 0.15) is 5.60 Å². The molecule has 0 saturated carbocycles. The van der Waals surface area contributed by atoms with Crippen LogP contribution in [-0.4, -0.2) is 41.1 Å². The Morgan fingerprint density at radius 1 is 1.59 bits per heavy atom. The van der Waals surface area contributed by atoms with Gasteiger partial charge in [-0.2, -0.15) is 0 Å². The number of aliphatic carboxylic acids is 1. The zero-order valence-electron chi connectivity index (χ0n) is 13.2. The first-order chi connectivity index (χ1) is 10.4. The fourth-order valence-corrected chi connectivity index (χ4v) is 3.94. The van der Waals surface area contributed by atoms with Gasteiger partial charge in [0.05, 0.1) is 18.6 Å². The lowest BCUT2D eigenvalue weighted by molar-refractivity contribution is -0.313. The Balaban J connectivity index is 1.76. The van der Waals surface area contributed by atoms with Crippen molar-refractivity contribution >= 4 is 11.9 Å². The highest BCUT2D eigenvalue weighted by atomic mass is 16.5. The molecule has 0 unspecified atom stereocenters. The molecule has 2 bridgehead atoms. The Hall–Kier alpha value is -1.62. The average molecular weight is 304 g/mol. The van der Waals surface area contributed by atoms with Crippen LogP contribution in [-0.2, 0) is 14.3 Å². The molecule has 3 aliphatic rings. The Labute approximate surface area is 130 Å². The third-order valence-electron chi connectivity index (χ3n) is 5.07. The number of ether oxygens (including phenoxy) is 1. The van der Waals surface area contributed by atoms with E-state index in [2.05, 4.69) is 19.9 Å². The lowest BCUT2D eigenvalue weighted by Gasteiger charge is -2.27. The third kappa shape index (κ3) is 2.19. The van der Waals surface area contributed by atoms with Gasteiger partial charge < -0.3 is 19.5 Å². The summed E-state index contributed by atoms with van der Waals surface area (Å²) in [5, 5.41) is 11.4. The molecule has 120 valence electrons. The number of fused-ring (bicyclic) bond motifs is 1. The highest BCUT2D eigenvalue weighted by Crippen LogP contribution is 2.52. The summed E-state index contributed by atoms with van der Waals surface area (Å²) in [6.07, 6.45) is 7.06. The Bertz CT molecular complexity index is 563. The lowest BCUT2D eigenvalue weighted by atomic mass is 9.77. The van der Waals surface area contributed by atoms with Crippen molar-refractivity contribution in [2.75, 3.05) is 6.54 Å². The van der Waals surface area contributed by atoms with Crippen LogP contribution in [0, 0.1) is 11.8 Å². The minimum atomic E-state index is -1.19. The molecule has 5 nitrogen and oxygen atoms in total. The number of rotatable bonds is 5. The number of allylic oxidation sites excluding steroid dienone is 2. The van der Waals surface area contributed by atoms with Crippen molar-refractivity contribution in [1.82, 2.24) is 4.90 Å². The maximum atomic E-state index is 12.7. The van der Waals surface area contributed by atoms with Crippen molar-refractivity contribution in [3.8, 4) is 0 Å². The predicted octanol–water partition coefficient (Wildman–Crippen LogP) is 0.653. The van der Waals surface area contributed by atoms with Crippen LogP contribution in [0.15, 0.2) is 23.8 Å². The molecule has 1 amide bonds. The summed E-state index contributed by atoms with van der Waals surface area (Å²) in [6.45, 7) is 6.56. The molecule has 0 N–H and O–H groups in total. The molecule has 0 aliphatic carbocycles. The molecule has 0 aromatic heterocycles. The number of amides is 1. The van der Waals surface area contributed by atoms with E-state index in [-0.39, 0.29) is 11.9 Å². The van der Waals surface area contributed by atoms with E-state index in [1.165, 1.54) is 5.57 Å². The molecular formula is C17H22NO4-. The van der Waals surface area contributed by atoms with Crippen LogP contribution in [0.1, 0.15) is 33.6 Å². The zero-order chi connectivity index (χ0) is 16.1. The number of carbonyl (C=O) groups is 2. The average Bonchev–Trinajstić information content (AvgIpc) is 3.06. The van der Waals surface area contributed by atoms with E-state index >= 15 is 0 Å². The number of carboxylic acid groups (broad SMARTS) is 1. The van der Waals surface area contributed by atoms with Crippen LogP contribution in [0.4, 0.5) is 0 Å². The first-order valence-electron chi connectivity index (χ1n) is 7.87. The van der Waals surface area contributed by atoms with Gasteiger partial charge in [0.2, 0.25) is 5.91 Å². The summed E-state index contributed by atoms with van der Waals surface area (Å²) >= 11 is 0. The fourth-order valence-electron chi connectivity index (χ4n) is 3.94. The maximum Gasteiger partial charge on any atom is 0.230 e. The SMILES string of the molecule is CC(C)=CCC[C@H](C)N1C[C@]23C=C[C@@H](O2)[C@@H](C(=O)[O-])[C@@H]3C1=O. The summed E-state index contributed by atoms with van der Waals surface area (Å²) in [5.41, 5.74) is 0.509. The van der Waals surface area contributed by atoms with E-state index in [0.29, 0.717) is 6.54 Å². The summed E-state index contributed by atoms with van der Waals surface area (Å²) in [4.78, 5) is 25.9. The van der Waals surface area contributed by atoms with Crippen LogP contribution < -0.4 is 5.11 Å². The minimum absolute atomic E-state index is 0.0709. The Morgan fingerprint density at radius 2 is 2.32 bits per heavy atom. The van der Waals surface area contributed by atoms with E-state index in [4.69, 9.17) is 4.74 Å². The number of carboxylic acids is 1. The molecule has 5 heteroatoms. The second kappa shape index (κ2) is 5.23. The van der Waals surface area contributed by atoms with Crippen molar-refractivity contribution in [3.05, 3.63) is 23.8 Å². The number of carbonyl (C=O) groups excluding carboxylic acids is 2. The third-order valence-corrected chi connectivity index (χ3v) is 5.07. The Morgan fingerprint density at radius 3 is 2.95 bits per heavy atom. The van der Waals surface area contributed by atoms with Gasteiger partial charge in [0.25, 0.3) is 0 Å². The van der Waals surface area contributed by atoms with Gasteiger partial charge in [-0.3, -0.25) is 4.79 Å². The summed E-state index contributed by atoms with van der Waals surface area (Å²) < 4.78 is 5.84. The molecule has 0 aromatic carbocycles. The number of hydrogen-bond donors (Lipinski definition) is 0. The van der Waals surface area contributed by atoms with E-state index in [1.54, 1.807) is 11.0 Å². The molecule has 3 rings (SSSR count). The van der Waals surface area contributed by atoms with Crippen molar-refractivity contribution < 1.29 is 19.4 Å². The highest BCUT2D eigenvalue weighted by Gasteiger charge is 2.65. The van der Waals surface area contributed by atoms with Gasteiger partial charge in [-0.15, -0.1) is 0 Å².